The van der Waals surface area contributed by atoms with E-state index in [-0.39, 0.29) is 5.78 Å². The van der Waals surface area contributed by atoms with E-state index in [1.54, 1.807) is 0 Å². The Morgan fingerprint density at radius 1 is 1.55 bits per heavy atom. The van der Waals surface area contributed by atoms with Gasteiger partial charge >= 0.3 is 0 Å². The molecule has 1 atom stereocenters. The SMILES string of the molecule is CN(CCC(=O)c1ccc(F)cn1)CC1CCCN1C. The Morgan fingerprint density at radius 3 is 2.95 bits per heavy atom. The van der Waals surface area contributed by atoms with Gasteiger partial charge in [-0.3, -0.25) is 9.78 Å². The third-order valence-electron chi connectivity index (χ3n) is 3.93. The standard InChI is InChI=1S/C15H22FN3O/c1-18(11-13-4-3-8-19(13)2)9-7-15(20)14-6-5-12(16)10-17-14/h5-6,10,13H,3-4,7-9,11H2,1-2H3. The molecule has 5 heteroatoms. The van der Waals surface area contributed by atoms with Crippen LogP contribution in [-0.4, -0.2) is 60.3 Å². The van der Waals surface area contributed by atoms with Crippen molar-refractivity contribution in [3.63, 3.8) is 0 Å². The van der Waals surface area contributed by atoms with Crippen molar-refractivity contribution in [3.05, 3.63) is 29.8 Å². The first-order chi connectivity index (χ1) is 9.56. The van der Waals surface area contributed by atoms with Crippen LogP contribution < -0.4 is 0 Å². The first kappa shape index (κ1) is 15.1. The van der Waals surface area contributed by atoms with Gasteiger partial charge in [0.25, 0.3) is 0 Å². The van der Waals surface area contributed by atoms with Crippen molar-refractivity contribution in [1.29, 1.82) is 0 Å². The number of hydrogen-bond acceptors (Lipinski definition) is 4. The first-order valence-corrected chi connectivity index (χ1v) is 7.10. The maximum atomic E-state index is 12.7. The number of carbonyl (C=O) groups excluding carboxylic acids is 1. The van der Waals surface area contributed by atoms with E-state index in [4.69, 9.17) is 0 Å². The molecule has 1 aromatic rings. The van der Waals surface area contributed by atoms with Crippen LogP contribution in [0.25, 0.3) is 0 Å². The molecule has 20 heavy (non-hydrogen) atoms. The minimum absolute atomic E-state index is 0.0309. The molecule has 1 aliphatic heterocycles. The van der Waals surface area contributed by atoms with Gasteiger partial charge in [-0.25, -0.2) is 4.39 Å². The van der Waals surface area contributed by atoms with Crippen molar-refractivity contribution in [2.75, 3.05) is 33.7 Å². The Balaban J connectivity index is 1.76. The van der Waals surface area contributed by atoms with Crippen molar-refractivity contribution in [3.8, 4) is 0 Å². The number of nitrogens with zero attached hydrogens (tertiary/aromatic N) is 3. The Hall–Kier alpha value is -1.33. The van der Waals surface area contributed by atoms with E-state index in [1.165, 1.54) is 25.0 Å². The molecule has 0 aromatic carbocycles. The molecule has 1 fully saturated rings. The predicted molar refractivity (Wildman–Crippen MR) is 76.3 cm³/mol. The summed E-state index contributed by atoms with van der Waals surface area (Å²) in [5.41, 5.74) is 0.345. The number of Topliss-reactive ketones (excluding diaryl/α,β-unsaturated/α-hetero) is 1. The number of likely N-dealkylation sites (tertiary alicyclic amines) is 1. The first-order valence-electron chi connectivity index (χ1n) is 7.10. The number of likely N-dealkylation sites (N-methyl/N-ethyl adjacent to an activating group) is 2. The van der Waals surface area contributed by atoms with Crippen LogP contribution in [0.4, 0.5) is 4.39 Å². The lowest BCUT2D eigenvalue weighted by molar-refractivity contribution is 0.0959. The minimum atomic E-state index is -0.414. The van der Waals surface area contributed by atoms with E-state index < -0.39 is 5.82 Å². The lowest BCUT2D eigenvalue weighted by Crippen LogP contribution is -2.37. The Morgan fingerprint density at radius 2 is 2.35 bits per heavy atom. The van der Waals surface area contributed by atoms with Gasteiger partial charge in [0, 0.05) is 25.6 Å². The summed E-state index contributed by atoms with van der Waals surface area (Å²) in [4.78, 5) is 20.3. The van der Waals surface area contributed by atoms with Crippen LogP contribution in [0, 0.1) is 5.82 Å². The van der Waals surface area contributed by atoms with Crippen LogP contribution in [0.3, 0.4) is 0 Å². The van der Waals surface area contributed by atoms with Crippen molar-refractivity contribution in [2.24, 2.45) is 0 Å². The summed E-state index contributed by atoms with van der Waals surface area (Å²) in [7, 11) is 4.19. The monoisotopic (exact) mass is 279 g/mol. The minimum Gasteiger partial charge on any atom is -0.304 e. The molecule has 4 nitrogen and oxygen atoms in total. The predicted octanol–water partition coefficient (Wildman–Crippen LogP) is 1.82. The quantitative estimate of drug-likeness (QED) is 0.744. The van der Waals surface area contributed by atoms with E-state index in [1.807, 2.05) is 7.05 Å². The maximum Gasteiger partial charge on any atom is 0.182 e. The Labute approximate surface area is 119 Å². The smallest absolute Gasteiger partial charge is 0.182 e. The fraction of sp³-hybridized carbons (Fsp3) is 0.600. The summed E-state index contributed by atoms with van der Waals surface area (Å²) in [6, 6.07) is 3.32. The van der Waals surface area contributed by atoms with Gasteiger partial charge < -0.3 is 9.80 Å². The molecule has 1 unspecified atom stereocenters. The average Bonchev–Trinajstić information content (AvgIpc) is 2.82. The van der Waals surface area contributed by atoms with Crippen LogP contribution in [-0.2, 0) is 0 Å². The molecule has 0 amide bonds. The number of aromatic nitrogens is 1. The van der Waals surface area contributed by atoms with Gasteiger partial charge in [-0.2, -0.15) is 0 Å². The van der Waals surface area contributed by atoms with Crippen LogP contribution >= 0.6 is 0 Å². The van der Waals surface area contributed by atoms with E-state index in [2.05, 4.69) is 21.8 Å². The normalized spacial score (nSPS) is 19.7. The van der Waals surface area contributed by atoms with Crippen molar-refractivity contribution < 1.29 is 9.18 Å². The molecule has 0 saturated carbocycles. The zero-order chi connectivity index (χ0) is 14.5. The molecule has 1 saturated heterocycles. The highest BCUT2D eigenvalue weighted by atomic mass is 19.1. The highest BCUT2D eigenvalue weighted by molar-refractivity contribution is 5.94. The fourth-order valence-corrected chi connectivity index (χ4v) is 2.62. The number of carbonyl (C=O) groups is 1. The van der Waals surface area contributed by atoms with Gasteiger partial charge in [-0.15, -0.1) is 0 Å². The summed E-state index contributed by atoms with van der Waals surface area (Å²) >= 11 is 0. The summed E-state index contributed by atoms with van der Waals surface area (Å²) in [5, 5.41) is 0. The summed E-state index contributed by atoms with van der Waals surface area (Å²) in [6.45, 7) is 2.86. The molecule has 2 heterocycles. The Bertz CT molecular complexity index is 449. The van der Waals surface area contributed by atoms with Crippen LogP contribution in [0.1, 0.15) is 29.8 Å². The second-order valence-corrected chi connectivity index (χ2v) is 5.57. The fourth-order valence-electron chi connectivity index (χ4n) is 2.62. The summed E-state index contributed by atoms with van der Waals surface area (Å²) < 4.78 is 12.7. The molecule has 0 bridgehead atoms. The number of halogens is 1. The topological polar surface area (TPSA) is 36.4 Å². The van der Waals surface area contributed by atoms with Gasteiger partial charge in [0.1, 0.15) is 11.5 Å². The van der Waals surface area contributed by atoms with E-state index >= 15 is 0 Å². The molecular weight excluding hydrogens is 257 g/mol. The molecule has 0 radical (unpaired) electrons. The second kappa shape index (κ2) is 6.90. The van der Waals surface area contributed by atoms with Crippen molar-refractivity contribution in [2.45, 2.75) is 25.3 Å². The van der Waals surface area contributed by atoms with E-state index in [0.29, 0.717) is 24.7 Å². The zero-order valence-electron chi connectivity index (χ0n) is 12.2. The largest absolute Gasteiger partial charge is 0.304 e. The van der Waals surface area contributed by atoms with Crippen LogP contribution in [0.2, 0.25) is 0 Å². The van der Waals surface area contributed by atoms with Gasteiger partial charge in [-0.1, -0.05) is 0 Å². The van der Waals surface area contributed by atoms with Gasteiger partial charge in [0.2, 0.25) is 0 Å². The Kier molecular flexibility index (Phi) is 5.20. The lowest BCUT2D eigenvalue weighted by Gasteiger charge is -2.25. The van der Waals surface area contributed by atoms with E-state index in [9.17, 15) is 9.18 Å². The molecule has 110 valence electrons. The molecule has 0 spiro atoms. The zero-order valence-corrected chi connectivity index (χ0v) is 12.2. The molecule has 0 aliphatic carbocycles. The van der Waals surface area contributed by atoms with Crippen molar-refractivity contribution in [1.82, 2.24) is 14.8 Å². The summed E-state index contributed by atoms with van der Waals surface area (Å²) in [5.74, 6) is -0.445. The number of ketones is 1. The highest BCUT2D eigenvalue weighted by Crippen LogP contribution is 2.15. The number of hydrogen-bond donors (Lipinski definition) is 0. The summed E-state index contributed by atoms with van der Waals surface area (Å²) in [6.07, 6.45) is 4.00. The number of pyridine rings is 1. The third-order valence-corrected chi connectivity index (χ3v) is 3.93. The average molecular weight is 279 g/mol. The molecule has 1 aliphatic rings. The number of rotatable bonds is 6. The molecule has 2 rings (SSSR count). The van der Waals surface area contributed by atoms with Gasteiger partial charge in [0.05, 0.1) is 6.20 Å². The molecule has 1 aromatic heterocycles. The van der Waals surface area contributed by atoms with E-state index in [0.717, 1.165) is 19.3 Å². The second-order valence-electron chi connectivity index (χ2n) is 5.57. The third kappa shape index (κ3) is 4.08. The van der Waals surface area contributed by atoms with Crippen molar-refractivity contribution >= 4 is 5.78 Å². The van der Waals surface area contributed by atoms with Gasteiger partial charge in [0.15, 0.2) is 5.78 Å². The lowest BCUT2D eigenvalue weighted by atomic mass is 10.1. The van der Waals surface area contributed by atoms with Crippen LogP contribution in [0.5, 0.6) is 0 Å². The highest BCUT2D eigenvalue weighted by Gasteiger charge is 2.22. The van der Waals surface area contributed by atoms with Gasteiger partial charge in [-0.05, 0) is 45.6 Å². The maximum absolute atomic E-state index is 12.7. The molecular formula is C15H22FN3O. The van der Waals surface area contributed by atoms with Crippen LogP contribution in [0.15, 0.2) is 18.3 Å². The molecule has 0 N–H and O–H groups in total.